The molecule has 2 heterocycles. The van der Waals surface area contributed by atoms with E-state index in [2.05, 4.69) is 12.2 Å². The van der Waals surface area contributed by atoms with E-state index < -0.39 is 0 Å². The van der Waals surface area contributed by atoms with Gasteiger partial charge < -0.3 is 20.5 Å². The first-order valence-corrected chi connectivity index (χ1v) is 8.54. The molecule has 0 spiro atoms. The maximum absolute atomic E-state index is 12.5. The zero-order chi connectivity index (χ0) is 16.0. The van der Waals surface area contributed by atoms with E-state index in [1.807, 2.05) is 6.07 Å². The number of ether oxygens (including phenoxy) is 2. The standard InChI is InChI=1S/C17H18N2O3S/c1-9-2-3-15-10(4-9)5-16(23-15)17(20)19-12-7-14-13(6-11(12)18)21-8-22-14/h5-7,9H,2-4,8,18H2,1H3,(H,19,20). The molecule has 5 nitrogen and oxygen atoms in total. The monoisotopic (exact) mass is 330 g/mol. The molecule has 1 atom stereocenters. The van der Waals surface area contributed by atoms with Crippen molar-refractivity contribution in [3.05, 3.63) is 33.5 Å². The van der Waals surface area contributed by atoms with Crippen LogP contribution in [-0.2, 0) is 12.8 Å². The maximum atomic E-state index is 12.5. The minimum atomic E-state index is -0.123. The Balaban J connectivity index is 1.57. The van der Waals surface area contributed by atoms with Crippen LogP contribution in [0.15, 0.2) is 18.2 Å². The fraction of sp³-hybridized carbons (Fsp3) is 0.353. The van der Waals surface area contributed by atoms with Gasteiger partial charge in [0.15, 0.2) is 11.5 Å². The van der Waals surface area contributed by atoms with Crippen LogP contribution < -0.4 is 20.5 Å². The van der Waals surface area contributed by atoms with Gasteiger partial charge in [-0.3, -0.25) is 4.79 Å². The Hall–Kier alpha value is -2.21. The van der Waals surface area contributed by atoms with Crippen molar-refractivity contribution in [1.29, 1.82) is 0 Å². The minimum absolute atomic E-state index is 0.123. The van der Waals surface area contributed by atoms with E-state index in [0.717, 1.165) is 17.7 Å². The van der Waals surface area contributed by atoms with E-state index in [0.29, 0.717) is 28.8 Å². The summed E-state index contributed by atoms with van der Waals surface area (Å²) in [6.45, 7) is 2.44. The van der Waals surface area contributed by atoms with Gasteiger partial charge in [0.05, 0.1) is 16.3 Å². The van der Waals surface area contributed by atoms with Crippen LogP contribution in [0.2, 0.25) is 0 Å². The fourth-order valence-electron chi connectivity index (χ4n) is 3.07. The number of carbonyl (C=O) groups is 1. The number of rotatable bonds is 2. The summed E-state index contributed by atoms with van der Waals surface area (Å²) in [5, 5.41) is 2.89. The quantitative estimate of drug-likeness (QED) is 0.827. The number of anilines is 2. The summed E-state index contributed by atoms with van der Waals surface area (Å²) >= 11 is 1.59. The third-order valence-electron chi connectivity index (χ3n) is 4.35. The van der Waals surface area contributed by atoms with Gasteiger partial charge in [0.2, 0.25) is 6.79 Å². The molecule has 1 aliphatic heterocycles. The summed E-state index contributed by atoms with van der Waals surface area (Å²) in [4.78, 5) is 14.6. The second-order valence-corrected chi connectivity index (χ2v) is 7.29. The lowest BCUT2D eigenvalue weighted by Gasteiger charge is -2.16. The Morgan fingerprint density at radius 3 is 2.91 bits per heavy atom. The summed E-state index contributed by atoms with van der Waals surface area (Å²) in [7, 11) is 0. The van der Waals surface area contributed by atoms with Crippen LogP contribution in [0.4, 0.5) is 11.4 Å². The minimum Gasteiger partial charge on any atom is -0.454 e. The Kier molecular flexibility index (Phi) is 3.41. The highest BCUT2D eigenvalue weighted by atomic mass is 32.1. The number of nitrogens with one attached hydrogen (secondary N) is 1. The largest absolute Gasteiger partial charge is 0.454 e. The highest BCUT2D eigenvalue weighted by Crippen LogP contribution is 2.39. The molecule has 1 aromatic heterocycles. The van der Waals surface area contributed by atoms with Crippen molar-refractivity contribution in [2.24, 2.45) is 5.92 Å². The summed E-state index contributed by atoms with van der Waals surface area (Å²) in [5.41, 5.74) is 8.33. The predicted octanol–water partition coefficient (Wildman–Crippen LogP) is 3.44. The molecule has 1 aliphatic carbocycles. The molecule has 6 heteroatoms. The van der Waals surface area contributed by atoms with Gasteiger partial charge in [-0.05, 0) is 36.8 Å². The maximum Gasteiger partial charge on any atom is 0.265 e. The van der Waals surface area contributed by atoms with Crippen molar-refractivity contribution in [1.82, 2.24) is 0 Å². The van der Waals surface area contributed by atoms with Gasteiger partial charge in [0, 0.05) is 17.0 Å². The van der Waals surface area contributed by atoms with Crippen molar-refractivity contribution < 1.29 is 14.3 Å². The van der Waals surface area contributed by atoms with Gasteiger partial charge >= 0.3 is 0 Å². The molecule has 2 aliphatic rings. The molecular weight excluding hydrogens is 312 g/mol. The van der Waals surface area contributed by atoms with E-state index in [4.69, 9.17) is 15.2 Å². The van der Waals surface area contributed by atoms with Crippen LogP contribution >= 0.6 is 11.3 Å². The summed E-state index contributed by atoms with van der Waals surface area (Å²) in [5.74, 6) is 1.79. The third-order valence-corrected chi connectivity index (χ3v) is 5.58. The summed E-state index contributed by atoms with van der Waals surface area (Å²) < 4.78 is 10.6. The van der Waals surface area contributed by atoms with E-state index in [1.54, 1.807) is 23.5 Å². The molecule has 0 fully saturated rings. The number of hydrogen-bond donors (Lipinski definition) is 2. The number of fused-ring (bicyclic) bond motifs is 2. The second kappa shape index (κ2) is 5.45. The molecule has 23 heavy (non-hydrogen) atoms. The van der Waals surface area contributed by atoms with Gasteiger partial charge in [-0.15, -0.1) is 11.3 Å². The fourth-order valence-corrected chi connectivity index (χ4v) is 4.17. The molecule has 1 aromatic carbocycles. The van der Waals surface area contributed by atoms with E-state index in [9.17, 15) is 4.79 Å². The molecule has 0 radical (unpaired) electrons. The first-order valence-electron chi connectivity index (χ1n) is 7.72. The van der Waals surface area contributed by atoms with Crippen molar-refractivity contribution in [2.75, 3.05) is 17.8 Å². The number of aryl methyl sites for hydroxylation is 1. The molecule has 2 aromatic rings. The van der Waals surface area contributed by atoms with Crippen molar-refractivity contribution in [3.8, 4) is 11.5 Å². The van der Waals surface area contributed by atoms with Crippen molar-refractivity contribution in [3.63, 3.8) is 0 Å². The Labute approximate surface area is 138 Å². The van der Waals surface area contributed by atoms with Crippen LogP contribution in [-0.4, -0.2) is 12.7 Å². The topological polar surface area (TPSA) is 73.6 Å². The first kappa shape index (κ1) is 14.4. The SMILES string of the molecule is CC1CCc2sc(C(=O)Nc3cc4c(cc3N)OCO4)cc2C1. The molecule has 0 saturated carbocycles. The number of nitrogen functional groups attached to an aromatic ring is 1. The molecular formula is C17H18N2O3S. The molecule has 1 amide bonds. The van der Waals surface area contributed by atoms with Crippen LogP contribution in [0.5, 0.6) is 11.5 Å². The smallest absolute Gasteiger partial charge is 0.265 e. The van der Waals surface area contributed by atoms with Crippen LogP contribution in [0, 0.1) is 5.92 Å². The second-order valence-electron chi connectivity index (χ2n) is 6.15. The number of benzene rings is 1. The average molecular weight is 330 g/mol. The Morgan fingerprint density at radius 2 is 2.09 bits per heavy atom. The molecule has 0 saturated heterocycles. The number of carbonyl (C=O) groups excluding carboxylic acids is 1. The van der Waals surface area contributed by atoms with Crippen molar-refractivity contribution >= 4 is 28.6 Å². The molecule has 4 rings (SSSR count). The molecule has 0 bridgehead atoms. The van der Waals surface area contributed by atoms with E-state index in [1.165, 1.54) is 16.9 Å². The first-order chi connectivity index (χ1) is 11.1. The number of amides is 1. The zero-order valence-corrected chi connectivity index (χ0v) is 13.7. The highest BCUT2D eigenvalue weighted by Gasteiger charge is 2.22. The number of thiophene rings is 1. The molecule has 3 N–H and O–H groups in total. The highest BCUT2D eigenvalue weighted by molar-refractivity contribution is 7.14. The average Bonchev–Trinajstić information content (AvgIpc) is 3.13. The predicted molar refractivity (Wildman–Crippen MR) is 90.4 cm³/mol. The van der Waals surface area contributed by atoms with Gasteiger partial charge in [0.25, 0.3) is 5.91 Å². The van der Waals surface area contributed by atoms with Gasteiger partial charge in [-0.1, -0.05) is 6.92 Å². The molecule has 1 unspecified atom stereocenters. The lowest BCUT2D eigenvalue weighted by atomic mass is 9.90. The number of nitrogens with two attached hydrogens (primary N) is 1. The molecule has 120 valence electrons. The van der Waals surface area contributed by atoms with Gasteiger partial charge in [-0.2, -0.15) is 0 Å². The van der Waals surface area contributed by atoms with Crippen LogP contribution in [0.25, 0.3) is 0 Å². The van der Waals surface area contributed by atoms with Crippen LogP contribution in [0.3, 0.4) is 0 Å². The lowest BCUT2D eigenvalue weighted by Crippen LogP contribution is -2.11. The lowest BCUT2D eigenvalue weighted by molar-refractivity contribution is 0.103. The number of hydrogen-bond acceptors (Lipinski definition) is 5. The summed E-state index contributed by atoms with van der Waals surface area (Å²) in [6.07, 6.45) is 3.33. The van der Waals surface area contributed by atoms with Crippen LogP contribution in [0.1, 0.15) is 33.5 Å². The Morgan fingerprint density at radius 1 is 1.30 bits per heavy atom. The van der Waals surface area contributed by atoms with Gasteiger partial charge in [0.1, 0.15) is 0 Å². The Bertz CT molecular complexity index is 784. The van der Waals surface area contributed by atoms with Gasteiger partial charge in [-0.25, -0.2) is 0 Å². The van der Waals surface area contributed by atoms with Crippen molar-refractivity contribution in [2.45, 2.75) is 26.2 Å². The normalized spacial score (nSPS) is 18.6. The van der Waals surface area contributed by atoms with E-state index >= 15 is 0 Å². The zero-order valence-electron chi connectivity index (χ0n) is 12.8. The third kappa shape index (κ3) is 2.63. The summed E-state index contributed by atoms with van der Waals surface area (Å²) in [6, 6.07) is 5.42. The van der Waals surface area contributed by atoms with E-state index in [-0.39, 0.29) is 12.7 Å².